The number of methoxy groups -OCH3 is 2. The van der Waals surface area contributed by atoms with Gasteiger partial charge in [-0.1, -0.05) is 17.7 Å². The molecule has 0 aliphatic rings. The lowest BCUT2D eigenvalue weighted by Crippen LogP contribution is -2.09. The van der Waals surface area contributed by atoms with Crippen molar-refractivity contribution >= 4 is 11.6 Å². The Labute approximate surface area is 116 Å². The maximum Gasteiger partial charge on any atom is 0.162 e. The minimum Gasteiger partial charge on any atom is -0.496 e. The van der Waals surface area contributed by atoms with Crippen LogP contribution in [0.1, 0.15) is 17.4 Å². The third-order valence-corrected chi connectivity index (χ3v) is 3.15. The molecule has 102 valence electrons. The van der Waals surface area contributed by atoms with E-state index in [1.54, 1.807) is 36.1 Å². The Balaban J connectivity index is 2.49. The van der Waals surface area contributed by atoms with Gasteiger partial charge < -0.3 is 14.6 Å². The normalized spacial score (nSPS) is 12.3. The molecule has 0 saturated carbocycles. The van der Waals surface area contributed by atoms with Gasteiger partial charge in [0.05, 0.1) is 20.4 Å². The molecule has 0 spiro atoms. The molecule has 19 heavy (non-hydrogen) atoms. The summed E-state index contributed by atoms with van der Waals surface area (Å²) in [4.78, 5) is 0. The fraction of sp³-hybridized carbons (Fsp3) is 0.308. The van der Waals surface area contributed by atoms with Gasteiger partial charge >= 0.3 is 0 Å². The molecule has 0 amide bonds. The number of aromatic nitrogens is 2. The Kier molecular flexibility index (Phi) is 3.97. The monoisotopic (exact) mass is 282 g/mol. The summed E-state index contributed by atoms with van der Waals surface area (Å²) < 4.78 is 12.0. The predicted octanol–water partition coefficient (Wildman–Crippen LogP) is 2.17. The molecule has 1 aromatic heterocycles. The lowest BCUT2D eigenvalue weighted by Gasteiger charge is -2.16. The first-order valence-electron chi connectivity index (χ1n) is 5.66. The molecular formula is C13H15ClN2O3. The Morgan fingerprint density at radius 3 is 2.58 bits per heavy atom. The maximum atomic E-state index is 10.5. The van der Waals surface area contributed by atoms with Crippen molar-refractivity contribution in [1.82, 2.24) is 9.78 Å². The molecule has 1 aromatic carbocycles. The van der Waals surface area contributed by atoms with Crippen molar-refractivity contribution in [1.29, 1.82) is 0 Å². The van der Waals surface area contributed by atoms with Crippen LogP contribution < -0.4 is 9.47 Å². The lowest BCUT2D eigenvalue weighted by molar-refractivity contribution is 0.199. The molecule has 0 aliphatic heterocycles. The van der Waals surface area contributed by atoms with E-state index >= 15 is 0 Å². The SMILES string of the molecule is COc1cc(Cl)ccc1C(O)c1c(OC)cnn1C. The van der Waals surface area contributed by atoms with Gasteiger partial charge in [0, 0.05) is 17.6 Å². The maximum absolute atomic E-state index is 10.5. The van der Waals surface area contributed by atoms with Gasteiger partial charge in [0.1, 0.15) is 17.5 Å². The number of aliphatic hydroxyl groups is 1. The molecule has 1 unspecified atom stereocenters. The van der Waals surface area contributed by atoms with Crippen molar-refractivity contribution in [2.24, 2.45) is 7.05 Å². The van der Waals surface area contributed by atoms with E-state index in [0.717, 1.165) is 0 Å². The van der Waals surface area contributed by atoms with Crippen LogP contribution >= 0.6 is 11.6 Å². The van der Waals surface area contributed by atoms with Crippen LogP contribution in [0.5, 0.6) is 11.5 Å². The number of nitrogens with zero attached hydrogens (tertiary/aromatic N) is 2. The fourth-order valence-corrected chi connectivity index (χ4v) is 2.12. The first-order valence-corrected chi connectivity index (χ1v) is 6.03. The number of ether oxygens (including phenoxy) is 2. The average molecular weight is 283 g/mol. The minimum absolute atomic E-state index is 0.517. The van der Waals surface area contributed by atoms with Crippen molar-refractivity contribution in [3.05, 3.63) is 40.7 Å². The number of hydrogen-bond acceptors (Lipinski definition) is 4. The van der Waals surface area contributed by atoms with E-state index in [9.17, 15) is 5.11 Å². The molecule has 0 bridgehead atoms. The first kappa shape index (κ1) is 13.7. The van der Waals surface area contributed by atoms with Gasteiger partial charge in [-0.25, -0.2) is 0 Å². The summed E-state index contributed by atoms with van der Waals surface area (Å²) in [6, 6.07) is 5.08. The van der Waals surface area contributed by atoms with E-state index in [1.165, 1.54) is 14.2 Å². The minimum atomic E-state index is -0.908. The second kappa shape index (κ2) is 5.50. The van der Waals surface area contributed by atoms with Gasteiger partial charge in [-0.2, -0.15) is 5.10 Å². The van der Waals surface area contributed by atoms with Crippen LogP contribution in [0.3, 0.4) is 0 Å². The number of halogens is 1. The number of aryl methyl sites for hydroxylation is 1. The van der Waals surface area contributed by atoms with Crippen molar-refractivity contribution in [3.63, 3.8) is 0 Å². The van der Waals surface area contributed by atoms with Crippen molar-refractivity contribution < 1.29 is 14.6 Å². The van der Waals surface area contributed by atoms with E-state index in [-0.39, 0.29) is 0 Å². The third-order valence-electron chi connectivity index (χ3n) is 2.92. The Morgan fingerprint density at radius 2 is 1.95 bits per heavy atom. The molecule has 0 saturated heterocycles. The van der Waals surface area contributed by atoms with Crippen LogP contribution in [0.4, 0.5) is 0 Å². The fourth-order valence-electron chi connectivity index (χ4n) is 1.95. The highest BCUT2D eigenvalue weighted by atomic mass is 35.5. The van der Waals surface area contributed by atoms with Crippen LogP contribution in [-0.4, -0.2) is 29.1 Å². The average Bonchev–Trinajstić information content (AvgIpc) is 2.78. The highest BCUT2D eigenvalue weighted by Crippen LogP contribution is 2.35. The van der Waals surface area contributed by atoms with E-state index in [1.807, 2.05) is 0 Å². The van der Waals surface area contributed by atoms with Gasteiger partial charge in [0.25, 0.3) is 0 Å². The summed E-state index contributed by atoms with van der Waals surface area (Å²) in [6.07, 6.45) is 0.649. The quantitative estimate of drug-likeness (QED) is 0.934. The lowest BCUT2D eigenvalue weighted by atomic mass is 10.0. The van der Waals surface area contributed by atoms with Gasteiger partial charge in [0.2, 0.25) is 0 Å². The predicted molar refractivity (Wildman–Crippen MR) is 71.8 cm³/mol. The molecule has 1 atom stereocenters. The number of hydrogen-bond donors (Lipinski definition) is 1. The van der Waals surface area contributed by atoms with E-state index in [0.29, 0.717) is 27.8 Å². The smallest absolute Gasteiger partial charge is 0.162 e. The standard InChI is InChI=1S/C13H15ClN2O3/c1-16-12(11(19-3)7-15-16)13(17)9-5-4-8(14)6-10(9)18-2/h4-7,13,17H,1-3H3. The largest absolute Gasteiger partial charge is 0.496 e. The summed E-state index contributed by atoms with van der Waals surface area (Å²) in [6.45, 7) is 0. The number of benzene rings is 1. The molecule has 1 heterocycles. The van der Waals surface area contributed by atoms with Crippen LogP contribution in [0, 0.1) is 0 Å². The highest BCUT2D eigenvalue weighted by Gasteiger charge is 2.23. The van der Waals surface area contributed by atoms with Crippen LogP contribution in [0.15, 0.2) is 24.4 Å². The Bertz CT molecular complexity index is 583. The van der Waals surface area contributed by atoms with Gasteiger partial charge in [-0.3, -0.25) is 4.68 Å². The van der Waals surface area contributed by atoms with Crippen LogP contribution in [-0.2, 0) is 7.05 Å². The Morgan fingerprint density at radius 1 is 1.26 bits per heavy atom. The zero-order chi connectivity index (χ0) is 14.0. The summed E-state index contributed by atoms with van der Waals surface area (Å²) >= 11 is 5.91. The Hall–Kier alpha value is -1.72. The molecular weight excluding hydrogens is 268 g/mol. The second-order valence-corrected chi connectivity index (χ2v) is 4.45. The molecule has 6 heteroatoms. The van der Waals surface area contributed by atoms with Gasteiger partial charge in [-0.15, -0.1) is 0 Å². The third kappa shape index (κ3) is 2.52. The molecule has 0 radical (unpaired) electrons. The topological polar surface area (TPSA) is 56.5 Å². The van der Waals surface area contributed by atoms with Gasteiger partial charge in [-0.05, 0) is 12.1 Å². The van der Waals surface area contributed by atoms with Crippen molar-refractivity contribution in [3.8, 4) is 11.5 Å². The first-order chi connectivity index (χ1) is 9.08. The molecule has 0 fully saturated rings. The summed E-state index contributed by atoms with van der Waals surface area (Å²) in [5.41, 5.74) is 1.16. The number of rotatable bonds is 4. The molecule has 0 aliphatic carbocycles. The summed E-state index contributed by atoms with van der Waals surface area (Å²) in [5.74, 6) is 1.04. The van der Waals surface area contributed by atoms with E-state index in [2.05, 4.69) is 5.10 Å². The molecule has 5 nitrogen and oxygen atoms in total. The van der Waals surface area contributed by atoms with E-state index in [4.69, 9.17) is 21.1 Å². The zero-order valence-electron chi connectivity index (χ0n) is 10.9. The zero-order valence-corrected chi connectivity index (χ0v) is 11.7. The van der Waals surface area contributed by atoms with Crippen LogP contribution in [0.2, 0.25) is 5.02 Å². The van der Waals surface area contributed by atoms with Crippen molar-refractivity contribution in [2.75, 3.05) is 14.2 Å². The van der Waals surface area contributed by atoms with Crippen LogP contribution in [0.25, 0.3) is 0 Å². The summed E-state index contributed by atoms with van der Waals surface area (Å²) in [5, 5.41) is 15.1. The van der Waals surface area contributed by atoms with Gasteiger partial charge in [0.15, 0.2) is 5.75 Å². The summed E-state index contributed by atoms with van der Waals surface area (Å²) in [7, 11) is 4.80. The molecule has 2 aromatic rings. The van der Waals surface area contributed by atoms with Crippen molar-refractivity contribution in [2.45, 2.75) is 6.10 Å². The van der Waals surface area contributed by atoms with E-state index < -0.39 is 6.10 Å². The highest BCUT2D eigenvalue weighted by molar-refractivity contribution is 6.30. The second-order valence-electron chi connectivity index (χ2n) is 4.01. The number of aliphatic hydroxyl groups excluding tert-OH is 1. The molecule has 1 N–H and O–H groups in total. The molecule has 2 rings (SSSR count).